The lowest BCUT2D eigenvalue weighted by Crippen LogP contribution is -2.37. The zero-order chi connectivity index (χ0) is 8.85. The molecule has 5 heteroatoms. The quantitative estimate of drug-likeness (QED) is 0.397. The second-order valence-electron chi connectivity index (χ2n) is 2.87. The van der Waals surface area contributed by atoms with Crippen molar-refractivity contribution in [3.8, 4) is 0 Å². The van der Waals surface area contributed by atoms with Crippen molar-refractivity contribution in [2.75, 3.05) is 6.54 Å². The summed E-state index contributed by atoms with van der Waals surface area (Å²) in [4.78, 5) is 3.90. The summed E-state index contributed by atoms with van der Waals surface area (Å²) in [7, 11) is 0. The molecule has 0 saturated heterocycles. The zero-order valence-electron chi connectivity index (χ0n) is 7.74. The molecule has 0 bridgehead atoms. The third-order valence-electron chi connectivity index (χ3n) is 0.962. The Hall–Kier alpha value is -0.0400. The molecular formula is C7H18IN3O. The van der Waals surface area contributed by atoms with E-state index in [1.807, 2.05) is 13.8 Å². The van der Waals surface area contributed by atoms with Crippen LogP contribution in [0.1, 0.15) is 20.8 Å². The molecule has 0 rings (SSSR count). The number of guanidine groups is 1. The summed E-state index contributed by atoms with van der Waals surface area (Å²) in [5.41, 5.74) is 5.45. The molecule has 74 valence electrons. The predicted octanol–water partition coefficient (Wildman–Crippen LogP) is 0.298. The van der Waals surface area contributed by atoms with Gasteiger partial charge in [0, 0.05) is 6.04 Å². The molecule has 0 aliphatic heterocycles. The van der Waals surface area contributed by atoms with Crippen molar-refractivity contribution in [3.05, 3.63) is 0 Å². The van der Waals surface area contributed by atoms with E-state index in [-0.39, 0.29) is 30.0 Å². The van der Waals surface area contributed by atoms with Gasteiger partial charge in [0.2, 0.25) is 0 Å². The molecule has 0 radical (unpaired) electrons. The largest absolute Gasteiger partial charge is 0.391 e. The van der Waals surface area contributed by atoms with E-state index in [4.69, 9.17) is 10.8 Å². The molecular weight excluding hydrogens is 269 g/mol. The van der Waals surface area contributed by atoms with Gasteiger partial charge >= 0.3 is 0 Å². The summed E-state index contributed by atoms with van der Waals surface area (Å²) in [6.07, 6.45) is -0.428. The highest BCUT2D eigenvalue weighted by Crippen LogP contribution is 1.81. The van der Waals surface area contributed by atoms with Gasteiger partial charge in [0.15, 0.2) is 5.96 Å². The van der Waals surface area contributed by atoms with Crippen LogP contribution in [0.5, 0.6) is 0 Å². The van der Waals surface area contributed by atoms with Crippen molar-refractivity contribution in [3.63, 3.8) is 0 Å². The number of hydrogen-bond donors (Lipinski definition) is 3. The molecule has 0 unspecified atom stereocenters. The molecule has 4 nitrogen and oxygen atoms in total. The highest BCUT2D eigenvalue weighted by Gasteiger charge is 1.96. The first-order chi connectivity index (χ1) is 5.02. The number of aliphatic imine (C=N–C) groups is 1. The van der Waals surface area contributed by atoms with Crippen LogP contribution in [0.3, 0.4) is 0 Å². The van der Waals surface area contributed by atoms with Gasteiger partial charge in [0.1, 0.15) is 0 Å². The molecule has 4 N–H and O–H groups in total. The summed E-state index contributed by atoms with van der Waals surface area (Å²) in [5, 5.41) is 11.8. The van der Waals surface area contributed by atoms with Crippen LogP contribution in [0, 0.1) is 0 Å². The molecule has 0 saturated carbocycles. The minimum absolute atomic E-state index is 0. The van der Waals surface area contributed by atoms with Crippen molar-refractivity contribution >= 4 is 29.9 Å². The molecule has 0 aromatic heterocycles. The van der Waals surface area contributed by atoms with E-state index < -0.39 is 6.10 Å². The number of aliphatic hydroxyl groups is 1. The van der Waals surface area contributed by atoms with E-state index in [0.29, 0.717) is 12.5 Å². The maximum Gasteiger partial charge on any atom is 0.188 e. The number of nitrogens with zero attached hydrogens (tertiary/aromatic N) is 1. The van der Waals surface area contributed by atoms with Gasteiger partial charge in [-0.25, -0.2) is 0 Å². The van der Waals surface area contributed by atoms with Crippen LogP contribution in [0.15, 0.2) is 4.99 Å². The molecule has 0 aliphatic carbocycles. The van der Waals surface area contributed by atoms with Gasteiger partial charge < -0.3 is 16.2 Å². The van der Waals surface area contributed by atoms with Crippen LogP contribution in [0.2, 0.25) is 0 Å². The minimum atomic E-state index is -0.428. The van der Waals surface area contributed by atoms with Crippen LogP contribution in [-0.2, 0) is 0 Å². The number of nitrogens with one attached hydrogen (secondary N) is 1. The fourth-order valence-corrected chi connectivity index (χ4v) is 0.572. The van der Waals surface area contributed by atoms with Crippen molar-refractivity contribution in [1.82, 2.24) is 5.32 Å². The zero-order valence-corrected chi connectivity index (χ0v) is 10.1. The van der Waals surface area contributed by atoms with E-state index >= 15 is 0 Å². The van der Waals surface area contributed by atoms with E-state index in [9.17, 15) is 0 Å². The molecule has 0 heterocycles. The Morgan fingerprint density at radius 1 is 1.50 bits per heavy atom. The highest BCUT2D eigenvalue weighted by atomic mass is 127. The second kappa shape index (κ2) is 7.60. The van der Waals surface area contributed by atoms with Gasteiger partial charge in [-0.1, -0.05) is 0 Å². The maximum absolute atomic E-state index is 8.84. The van der Waals surface area contributed by atoms with Gasteiger partial charge in [-0.3, -0.25) is 4.99 Å². The van der Waals surface area contributed by atoms with Crippen molar-refractivity contribution in [1.29, 1.82) is 0 Å². The average Bonchev–Trinajstić information content (AvgIpc) is 1.82. The van der Waals surface area contributed by atoms with Gasteiger partial charge in [0.05, 0.1) is 12.6 Å². The van der Waals surface area contributed by atoms with Crippen LogP contribution in [-0.4, -0.2) is 29.8 Å². The number of hydrogen-bond acceptors (Lipinski definition) is 2. The monoisotopic (exact) mass is 287 g/mol. The third kappa shape index (κ3) is 9.96. The van der Waals surface area contributed by atoms with Gasteiger partial charge in [-0.15, -0.1) is 24.0 Å². The Kier molecular flexibility index (Phi) is 9.17. The fraction of sp³-hybridized carbons (Fsp3) is 0.857. The highest BCUT2D eigenvalue weighted by molar-refractivity contribution is 14.0. The number of rotatable bonds is 3. The summed E-state index contributed by atoms with van der Waals surface area (Å²) < 4.78 is 0. The Morgan fingerprint density at radius 2 is 2.00 bits per heavy atom. The molecule has 12 heavy (non-hydrogen) atoms. The van der Waals surface area contributed by atoms with Gasteiger partial charge in [-0.05, 0) is 20.8 Å². The lowest BCUT2D eigenvalue weighted by Gasteiger charge is -2.08. The molecule has 0 amide bonds. The van der Waals surface area contributed by atoms with E-state index in [1.54, 1.807) is 6.92 Å². The summed E-state index contributed by atoms with van der Waals surface area (Å²) in [5.74, 6) is 0.390. The summed E-state index contributed by atoms with van der Waals surface area (Å²) in [6.45, 7) is 5.98. The Morgan fingerprint density at radius 3 is 2.33 bits per heavy atom. The SMILES string of the molecule is CC(C)NC(N)=NC[C@@H](C)O.I. The lowest BCUT2D eigenvalue weighted by molar-refractivity contribution is 0.204. The minimum Gasteiger partial charge on any atom is -0.391 e. The van der Waals surface area contributed by atoms with Crippen molar-refractivity contribution in [2.24, 2.45) is 10.7 Å². The van der Waals surface area contributed by atoms with E-state index in [0.717, 1.165) is 0 Å². The van der Waals surface area contributed by atoms with Crippen molar-refractivity contribution < 1.29 is 5.11 Å². The molecule has 0 spiro atoms. The molecule has 1 atom stereocenters. The van der Waals surface area contributed by atoms with Crippen LogP contribution >= 0.6 is 24.0 Å². The lowest BCUT2D eigenvalue weighted by atomic mass is 10.4. The summed E-state index contributed by atoms with van der Waals surface area (Å²) >= 11 is 0. The number of aliphatic hydroxyl groups excluding tert-OH is 1. The first-order valence-corrected chi connectivity index (χ1v) is 3.77. The smallest absolute Gasteiger partial charge is 0.188 e. The first-order valence-electron chi connectivity index (χ1n) is 3.77. The third-order valence-corrected chi connectivity index (χ3v) is 0.962. The maximum atomic E-state index is 8.84. The van der Waals surface area contributed by atoms with Gasteiger partial charge in [-0.2, -0.15) is 0 Å². The molecule has 0 aliphatic rings. The number of halogens is 1. The molecule has 0 fully saturated rings. The standard InChI is InChI=1S/C7H17N3O.HI/c1-5(2)10-7(8)9-4-6(3)11;/h5-6,11H,4H2,1-3H3,(H3,8,9,10);1H/t6-;/m1./s1. The van der Waals surface area contributed by atoms with E-state index in [2.05, 4.69) is 10.3 Å². The Bertz CT molecular complexity index is 137. The summed E-state index contributed by atoms with van der Waals surface area (Å²) in [6, 6.07) is 0.285. The average molecular weight is 287 g/mol. The van der Waals surface area contributed by atoms with Crippen LogP contribution in [0.4, 0.5) is 0 Å². The Balaban J connectivity index is 0. The van der Waals surface area contributed by atoms with E-state index in [1.165, 1.54) is 0 Å². The van der Waals surface area contributed by atoms with Crippen molar-refractivity contribution in [2.45, 2.75) is 32.9 Å². The topological polar surface area (TPSA) is 70.6 Å². The first kappa shape index (κ1) is 14.5. The Labute approximate surface area is 90.7 Å². The predicted molar refractivity (Wildman–Crippen MR) is 61.9 cm³/mol. The molecule has 0 aromatic carbocycles. The molecule has 0 aromatic rings. The fourth-order valence-electron chi connectivity index (χ4n) is 0.572. The second-order valence-corrected chi connectivity index (χ2v) is 2.87. The van der Waals surface area contributed by atoms with Crippen LogP contribution in [0.25, 0.3) is 0 Å². The normalized spacial score (nSPS) is 13.9. The number of nitrogens with two attached hydrogens (primary N) is 1. The van der Waals surface area contributed by atoms with Gasteiger partial charge in [0.25, 0.3) is 0 Å². The van der Waals surface area contributed by atoms with Crippen LogP contribution < -0.4 is 11.1 Å².